The van der Waals surface area contributed by atoms with Gasteiger partial charge in [0, 0.05) is 18.7 Å². The van der Waals surface area contributed by atoms with Crippen molar-refractivity contribution in [3.8, 4) is 0 Å². The van der Waals surface area contributed by atoms with Crippen LogP contribution >= 0.6 is 0 Å². The Kier molecular flexibility index (Phi) is 8.52. The van der Waals surface area contributed by atoms with Crippen LogP contribution in [0, 0.1) is 0 Å². The first-order valence-electron chi connectivity index (χ1n) is 10.6. The second-order valence-electron chi connectivity index (χ2n) is 7.31. The van der Waals surface area contributed by atoms with Gasteiger partial charge in [-0.15, -0.1) is 0 Å². The number of rotatable bonds is 13. The smallest absolute Gasteiger partial charge is 0.127 e. The summed E-state index contributed by atoms with van der Waals surface area (Å²) < 4.78 is 0. The standard InChI is InChI=1S/C21H39N5/c1-5-9-12-21(23-14-10-6-2)13-11-18-19(17-21)24-25-20(18)22-15-16-26(7-3)8-4/h11,13,17,22-25H,5-10,12,14-16H2,1-4H3. The van der Waals surface area contributed by atoms with Crippen molar-refractivity contribution in [3.63, 3.8) is 0 Å². The van der Waals surface area contributed by atoms with E-state index in [-0.39, 0.29) is 5.54 Å². The van der Waals surface area contributed by atoms with E-state index in [4.69, 9.17) is 0 Å². The number of unbranched alkanes of at least 4 members (excludes halogenated alkanes) is 2. The topological polar surface area (TPSA) is 51.4 Å². The summed E-state index contributed by atoms with van der Waals surface area (Å²) in [6, 6.07) is 0. The molecule has 0 radical (unpaired) electrons. The number of fused-ring (bicyclic) bond motifs is 1. The summed E-state index contributed by atoms with van der Waals surface area (Å²) in [5, 5.41) is 7.35. The molecule has 0 amide bonds. The normalized spacial score (nSPS) is 21.5. The SMILES string of the molecule is CCCCNC1(CCCC)C=CC2=C(NCCN(CC)CC)NNC2=C1. The lowest BCUT2D eigenvalue weighted by atomic mass is 9.85. The average Bonchev–Trinajstić information content (AvgIpc) is 3.06. The van der Waals surface area contributed by atoms with Gasteiger partial charge < -0.3 is 15.5 Å². The van der Waals surface area contributed by atoms with Crippen LogP contribution in [0.3, 0.4) is 0 Å². The van der Waals surface area contributed by atoms with Crippen LogP contribution in [0.5, 0.6) is 0 Å². The molecule has 5 nitrogen and oxygen atoms in total. The van der Waals surface area contributed by atoms with Gasteiger partial charge in [0.15, 0.2) is 0 Å². The van der Waals surface area contributed by atoms with Crippen molar-refractivity contribution in [1.82, 2.24) is 26.4 Å². The first-order valence-corrected chi connectivity index (χ1v) is 10.6. The molecule has 1 atom stereocenters. The van der Waals surface area contributed by atoms with Crippen LogP contribution in [0.15, 0.2) is 35.3 Å². The number of hydrazine groups is 1. The van der Waals surface area contributed by atoms with Crippen molar-refractivity contribution < 1.29 is 0 Å². The maximum atomic E-state index is 3.79. The Bertz CT molecular complexity index is 518. The molecule has 26 heavy (non-hydrogen) atoms. The molecule has 0 saturated carbocycles. The number of hydrogen-bond acceptors (Lipinski definition) is 5. The van der Waals surface area contributed by atoms with E-state index in [9.17, 15) is 0 Å². The molecule has 5 heteroatoms. The molecule has 2 aliphatic rings. The zero-order valence-corrected chi connectivity index (χ0v) is 17.3. The van der Waals surface area contributed by atoms with Crippen LogP contribution in [0.2, 0.25) is 0 Å². The van der Waals surface area contributed by atoms with Gasteiger partial charge in [0.1, 0.15) is 5.82 Å². The Labute approximate surface area is 160 Å². The summed E-state index contributed by atoms with van der Waals surface area (Å²) in [6.07, 6.45) is 13.1. The van der Waals surface area contributed by atoms with E-state index in [1.54, 1.807) is 0 Å². The molecule has 1 heterocycles. The highest BCUT2D eigenvalue weighted by atomic mass is 15.4. The Balaban J connectivity index is 2.02. The maximum Gasteiger partial charge on any atom is 0.127 e. The zero-order chi connectivity index (χ0) is 18.8. The lowest BCUT2D eigenvalue weighted by molar-refractivity contribution is 0.305. The minimum Gasteiger partial charge on any atom is -0.369 e. The Morgan fingerprint density at radius 3 is 2.46 bits per heavy atom. The van der Waals surface area contributed by atoms with Crippen molar-refractivity contribution in [3.05, 3.63) is 35.3 Å². The van der Waals surface area contributed by atoms with Gasteiger partial charge in [-0.1, -0.05) is 59.1 Å². The first kappa shape index (κ1) is 20.8. The molecule has 1 unspecified atom stereocenters. The highest BCUT2D eigenvalue weighted by molar-refractivity contribution is 5.51. The van der Waals surface area contributed by atoms with E-state index in [1.807, 2.05) is 0 Å². The van der Waals surface area contributed by atoms with E-state index in [0.717, 1.165) is 45.0 Å². The van der Waals surface area contributed by atoms with Gasteiger partial charge in [-0.3, -0.25) is 10.9 Å². The minimum absolute atomic E-state index is 0.0185. The van der Waals surface area contributed by atoms with Gasteiger partial charge >= 0.3 is 0 Å². The summed E-state index contributed by atoms with van der Waals surface area (Å²) >= 11 is 0. The number of likely N-dealkylation sites (N-methyl/N-ethyl adjacent to an activating group) is 1. The van der Waals surface area contributed by atoms with Crippen molar-refractivity contribution in [1.29, 1.82) is 0 Å². The Morgan fingerprint density at radius 1 is 1.00 bits per heavy atom. The lowest BCUT2D eigenvalue weighted by Gasteiger charge is -2.32. The van der Waals surface area contributed by atoms with E-state index >= 15 is 0 Å². The zero-order valence-electron chi connectivity index (χ0n) is 17.3. The molecule has 0 spiro atoms. The van der Waals surface area contributed by atoms with E-state index < -0.39 is 0 Å². The third kappa shape index (κ3) is 5.52. The minimum atomic E-state index is -0.0185. The number of allylic oxidation sites excluding steroid dienone is 1. The predicted octanol–water partition coefficient (Wildman–Crippen LogP) is 3.01. The molecule has 148 valence electrons. The van der Waals surface area contributed by atoms with Gasteiger partial charge in [0.25, 0.3) is 0 Å². The quantitative estimate of drug-likeness (QED) is 0.380. The monoisotopic (exact) mass is 361 g/mol. The molecule has 0 bridgehead atoms. The molecule has 1 aliphatic carbocycles. The molecule has 0 saturated heterocycles. The molecule has 0 aromatic carbocycles. The van der Waals surface area contributed by atoms with Gasteiger partial charge in [0.05, 0.1) is 11.2 Å². The molecule has 1 aliphatic heterocycles. The number of nitrogens with one attached hydrogen (secondary N) is 4. The summed E-state index contributed by atoms with van der Waals surface area (Å²) in [4.78, 5) is 2.43. The Morgan fingerprint density at radius 2 is 1.77 bits per heavy atom. The van der Waals surface area contributed by atoms with Crippen molar-refractivity contribution in [2.75, 3.05) is 32.7 Å². The summed E-state index contributed by atoms with van der Waals surface area (Å²) in [5.41, 5.74) is 9.11. The lowest BCUT2D eigenvalue weighted by Crippen LogP contribution is -2.44. The fraction of sp³-hybridized carbons (Fsp3) is 0.714. The fourth-order valence-corrected chi connectivity index (χ4v) is 3.56. The third-order valence-electron chi connectivity index (χ3n) is 5.38. The second-order valence-corrected chi connectivity index (χ2v) is 7.31. The third-order valence-corrected chi connectivity index (χ3v) is 5.38. The highest BCUT2D eigenvalue weighted by Crippen LogP contribution is 2.30. The van der Waals surface area contributed by atoms with E-state index in [2.05, 4.69) is 72.3 Å². The average molecular weight is 362 g/mol. The molecule has 2 rings (SSSR count). The van der Waals surface area contributed by atoms with Crippen molar-refractivity contribution in [2.24, 2.45) is 0 Å². The molecular weight excluding hydrogens is 322 g/mol. The van der Waals surface area contributed by atoms with Crippen LogP contribution in [0.25, 0.3) is 0 Å². The largest absolute Gasteiger partial charge is 0.369 e. The number of hydrogen-bond donors (Lipinski definition) is 4. The highest BCUT2D eigenvalue weighted by Gasteiger charge is 2.30. The maximum absolute atomic E-state index is 3.79. The fourth-order valence-electron chi connectivity index (χ4n) is 3.56. The van der Waals surface area contributed by atoms with E-state index in [1.165, 1.54) is 37.0 Å². The second kappa shape index (κ2) is 10.6. The van der Waals surface area contributed by atoms with Gasteiger partial charge in [-0.25, -0.2) is 0 Å². The molecule has 4 N–H and O–H groups in total. The predicted molar refractivity (Wildman–Crippen MR) is 111 cm³/mol. The van der Waals surface area contributed by atoms with Gasteiger partial charge in [-0.05, 0) is 38.6 Å². The molecule has 0 aromatic rings. The van der Waals surface area contributed by atoms with Crippen molar-refractivity contribution >= 4 is 0 Å². The summed E-state index contributed by atoms with van der Waals surface area (Å²) in [7, 11) is 0. The van der Waals surface area contributed by atoms with Crippen LogP contribution in [0.1, 0.15) is 59.8 Å². The van der Waals surface area contributed by atoms with Crippen LogP contribution in [-0.2, 0) is 0 Å². The molecule has 0 fully saturated rings. The first-order chi connectivity index (χ1) is 12.7. The Hall–Kier alpha value is -1.46. The van der Waals surface area contributed by atoms with Crippen LogP contribution in [-0.4, -0.2) is 43.2 Å². The van der Waals surface area contributed by atoms with Crippen LogP contribution < -0.4 is 21.5 Å². The molecular formula is C21H39N5. The number of nitrogens with zero attached hydrogens (tertiary/aromatic N) is 1. The van der Waals surface area contributed by atoms with E-state index in [0.29, 0.717) is 0 Å². The van der Waals surface area contributed by atoms with Gasteiger partial charge in [-0.2, -0.15) is 0 Å². The van der Waals surface area contributed by atoms with Gasteiger partial charge in [0.2, 0.25) is 0 Å². The van der Waals surface area contributed by atoms with Crippen LogP contribution in [0.4, 0.5) is 0 Å². The summed E-state index contributed by atoms with van der Waals surface area (Å²) in [5.74, 6) is 1.09. The van der Waals surface area contributed by atoms with Crippen molar-refractivity contribution in [2.45, 2.75) is 65.3 Å². The summed E-state index contributed by atoms with van der Waals surface area (Å²) in [6.45, 7) is 14.2. The molecule has 0 aromatic heterocycles.